The third-order valence-electron chi connectivity index (χ3n) is 4.71. The highest BCUT2D eigenvalue weighted by Crippen LogP contribution is 2.40. The average molecular weight is 387 g/mol. The second kappa shape index (κ2) is 9.07. The van der Waals surface area contributed by atoms with Crippen LogP contribution in [-0.4, -0.2) is 17.8 Å². The summed E-state index contributed by atoms with van der Waals surface area (Å²) < 4.78 is 0. The number of benzene rings is 2. The summed E-state index contributed by atoms with van der Waals surface area (Å²) in [6.45, 7) is 1.63. The molecule has 2 aromatic carbocycles. The Morgan fingerprint density at radius 3 is 2.38 bits per heavy atom. The molecule has 0 aromatic heterocycles. The van der Waals surface area contributed by atoms with E-state index in [1.807, 2.05) is 36.4 Å². The second-order valence-corrected chi connectivity index (χ2v) is 7.02. The van der Waals surface area contributed by atoms with E-state index in [1.54, 1.807) is 0 Å². The zero-order valence-electron chi connectivity index (χ0n) is 13.3. The third kappa shape index (κ3) is 4.65. The van der Waals surface area contributed by atoms with Crippen LogP contribution in [0.1, 0.15) is 29.9 Å². The lowest BCUT2D eigenvalue weighted by atomic mass is 9.70. The summed E-state index contributed by atoms with van der Waals surface area (Å²) in [5.41, 5.74) is 2.40. The second-order valence-electron chi connectivity index (χ2n) is 6.21. The third-order valence-corrected chi connectivity index (χ3v) is 5.45. The Labute approximate surface area is 159 Å². The fourth-order valence-electron chi connectivity index (χ4n) is 3.20. The van der Waals surface area contributed by atoms with Crippen LogP contribution in [0.5, 0.6) is 0 Å². The van der Waals surface area contributed by atoms with Gasteiger partial charge in [-0.25, -0.2) is 0 Å². The van der Waals surface area contributed by atoms with Gasteiger partial charge >= 0.3 is 0 Å². The summed E-state index contributed by atoms with van der Waals surface area (Å²) in [6, 6.07) is 16.1. The van der Waals surface area contributed by atoms with E-state index in [0.717, 1.165) is 31.5 Å². The first-order valence-electron chi connectivity index (χ1n) is 8.03. The molecule has 0 aliphatic heterocycles. The zero-order valence-corrected chi connectivity index (χ0v) is 15.6. The molecule has 1 aliphatic rings. The Balaban J connectivity index is 0.00000208. The number of aliphatic hydroxyl groups excluding tert-OH is 1. The average Bonchev–Trinajstić information content (AvgIpc) is 2.56. The maximum absolute atomic E-state index is 10.1. The van der Waals surface area contributed by atoms with Crippen molar-refractivity contribution in [2.75, 3.05) is 6.54 Å². The summed E-state index contributed by atoms with van der Waals surface area (Å²) in [7, 11) is 0. The first kappa shape index (κ1) is 19.6. The van der Waals surface area contributed by atoms with Crippen molar-refractivity contribution in [1.29, 1.82) is 0 Å². The van der Waals surface area contributed by atoms with Crippen LogP contribution in [0.25, 0.3) is 0 Å². The zero-order chi connectivity index (χ0) is 16.2. The van der Waals surface area contributed by atoms with Gasteiger partial charge in [0.25, 0.3) is 0 Å². The quantitative estimate of drug-likeness (QED) is 0.727. The minimum Gasteiger partial charge on any atom is -0.393 e. The largest absolute Gasteiger partial charge is 0.393 e. The molecule has 2 N–H and O–H groups in total. The van der Waals surface area contributed by atoms with E-state index in [1.165, 1.54) is 5.56 Å². The summed E-state index contributed by atoms with van der Waals surface area (Å²) >= 11 is 12.2. The van der Waals surface area contributed by atoms with Crippen LogP contribution < -0.4 is 5.32 Å². The molecular formula is C19H22Cl3NO. The lowest BCUT2D eigenvalue weighted by Crippen LogP contribution is -2.39. The van der Waals surface area contributed by atoms with Crippen molar-refractivity contribution in [1.82, 2.24) is 5.32 Å². The highest BCUT2D eigenvalue weighted by atomic mass is 35.5. The maximum atomic E-state index is 10.1. The summed E-state index contributed by atoms with van der Waals surface area (Å²) in [5, 5.41) is 14.8. The fraction of sp³-hybridized carbons (Fsp3) is 0.368. The molecule has 1 aliphatic carbocycles. The molecule has 2 aromatic rings. The highest BCUT2D eigenvalue weighted by molar-refractivity contribution is 6.42. The van der Waals surface area contributed by atoms with E-state index in [0.29, 0.717) is 10.0 Å². The number of hydrogen-bond donors (Lipinski definition) is 2. The van der Waals surface area contributed by atoms with Gasteiger partial charge in [-0.2, -0.15) is 0 Å². The smallest absolute Gasteiger partial charge is 0.0595 e. The number of hydrogen-bond acceptors (Lipinski definition) is 2. The highest BCUT2D eigenvalue weighted by Gasteiger charge is 2.36. The molecule has 1 fully saturated rings. The lowest BCUT2D eigenvalue weighted by molar-refractivity contribution is 0.00835. The van der Waals surface area contributed by atoms with Crippen molar-refractivity contribution in [3.8, 4) is 0 Å². The fourth-order valence-corrected chi connectivity index (χ4v) is 3.51. The van der Waals surface area contributed by atoms with Gasteiger partial charge in [-0.1, -0.05) is 59.6 Å². The van der Waals surface area contributed by atoms with Crippen molar-refractivity contribution in [2.45, 2.75) is 31.4 Å². The molecule has 0 saturated heterocycles. The topological polar surface area (TPSA) is 32.3 Å². The van der Waals surface area contributed by atoms with E-state index in [4.69, 9.17) is 23.2 Å². The van der Waals surface area contributed by atoms with E-state index < -0.39 is 0 Å². The minimum atomic E-state index is -0.215. The van der Waals surface area contributed by atoms with Crippen LogP contribution >= 0.6 is 35.6 Å². The van der Waals surface area contributed by atoms with Crippen molar-refractivity contribution < 1.29 is 5.11 Å². The van der Waals surface area contributed by atoms with Crippen molar-refractivity contribution >= 4 is 35.6 Å². The van der Waals surface area contributed by atoms with Crippen LogP contribution in [0.4, 0.5) is 0 Å². The van der Waals surface area contributed by atoms with Gasteiger partial charge in [0.2, 0.25) is 0 Å². The molecular weight excluding hydrogens is 365 g/mol. The molecule has 0 bridgehead atoms. The Morgan fingerprint density at radius 1 is 1.04 bits per heavy atom. The molecule has 5 heteroatoms. The van der Waals surface area contributed by atoms with Gasteiger partial charge in [0.15, 0.2) is 0 Å². The Kier molecular flexibility index (Phi) is 7.39. The molecule has 130 valence electrons. The van der Waals surface area contributed by atoms with Gasteiger partial charge in [-0.05, 0) is 42.0 Å². The van der Waals surface area contributed by atoms with Crippen LogP contribution in [0.3, 0.4) is 0 Å². The number of halogens is 3. The predicted molar refractivity (Wildman–Crippen MR) is 103 cm³/mol. The van der Waals surface area contributed by atoms with Gasteiger partial charge in [-0.15, -0.1) is 12.4 Å². The summed E-state index contributed by atoms with van der Waals surface area (Å²) in [5.74, 6) is 0.535. The SMILES string of the molecule is Cl.OC1CCC1C(CNCc1ccccc1)c1ccc(Cl)c(Cl)c1. The first-order valence-corrected chi connectivity index (χ1v) is 8.78. The minimum absolute atomic E-state index is 0. The van der Waals surface area contributed by atoms with Crippen molar-refractivity contribution in [2.24, 2.45) is 5.92 Å². The van der Waals surface area contributed by atoms with E-state index >= 15 is 0 Å². The molecule has 0 radical (unpaired) electrons. The standard InChI is InChI=1S/C19H21Cl2NO.ClH/c20-17-8-6-14(10-18(17)21)16(15-7-9-19(15)23)12-22-11-13-4-2-1-3-5-13;/h1-6,8,10,15-16,19,22-23H,7,9,11-12H2;1H. The van der Waals surface area contributed by atoms with Crippen LogP contribution in [0, 0.1) is 5.92 Å². The van der Waals surface area contributed by atoms with Crippen LogP contribution in [0.2, 0.25) is 10.0 Å². The van der Waals surface area contributed by atoms with E-state index in [2.05, 4.69) is 17.4 Å². The molecule has 3 unspecified atom stereocenters. The molecule has 24 heavy (non-hydrogen) atoms. The maximum Gasteiger partial charge on any atom is 0.0595 e. The molecule has 0 spiro atoms. The van der Waals surface area contributed by atoms with Crippen molar-refractivity contribution in [3.63, 3.8) is 0 Å². The monoisotopic (exact) mass is 385 g/mol. The lowest BCUT2D eigenvalue weighted by Gasteiger charge is -2.39. The molecule has 1 saturated carbocycles. The van der Waals surface area contributed by atoms with Gasteiger partial charge in [0.05, 0.1) is 16.1 Å². The Morgan fingerprint density at radius 2 is 1.79 bits per heavy atom. The molecule has 2 nitrogen and oxygen atoms in total. The van der Waals surface area contributed by atoms with Gasteiger partial charge in [0.1, 0.15) is 0 Å². The van der Waals surface area contributed by atoms with Crippen molar-refractivity contribution in [3.05, 3.63) is 69.7 Å². The molecule has 3 atom stereocenters. The van der Waals surface area contributed by atoms with Gasteiger partial charge in [0, 0.05) is 19.0 Å². The van der Waals surface area contributed by atoms with Crippen LogP contribution in [-0.2, 0) is 6.54 Å². The summed E-state index contributed by atoms with van der Waals surface area (Å²) in [6.07, 6.45) is 1.73. The van der Waals surface area contributed by atoms with Gasteiger partial charge in [-0.3, -0.25) is 0 Å². The molecule has 0 amide bonds. The number of rotatable bonds is 6. The summed E-state index contributed by atoms with van der Waals surface area (Å²) in [4.78, 5) is 0. The van der Waals surface area contributed by atoms with E-state index in [-0.39, 0.29) is 30.3 Å². The first-order chi connectivity index (χ1) is 11.1. The number of nitrogens with one attached hydrogen (secondary N) is 1. The Bertz CT molecular complexity index is 650. The Hall–Kier alpha value is -0.770. The van der Waals surface area contributed by atoms with Gasteiger partial charge < -0.3 is 10.4 Å². The predicted octanol–water partition coefficient (Wildman–Crippen LogP) is 5.06. The van der Waals surface area contributed by atoms with E-state index in [9.17, 15) is 5.11 Å². The molecule has 3 rings (SSSR count). The van der Waals surface area contributed by atoms with Crippen LogP contribution in [0.15, 0.2) is 48.5 Å². The molecule has 0 heterocycles. The number of aliphatic hydroxyl groups is 1. The normalized spacial score (nSPS) is 20.8.